The number of aryl methyl sites for hydroxylation is 1. The van der Waals surface area contributed by atoms with Gasteiger partial charge in [0.25, 0.3) is 0 Å². The molecule has 2 heterocycles. The zero-order valence-corrected chi connectivity index (χ0v) is 12.4. The van der Waals surface area contributed by atoms with Gasteiger partial charge in [-0.25, -0.2) is 15.0 Å². The Morgan fingerprint density at radius 3 is 2.75 bits per heavy atom. The summed E-state index contributed by atoms with van der Waals surface area (Å²) in [7, 11) is 0. The molecule has 0 fully saturated rings. The highest BCUT2D eigenvalue weighted by molar-refractivity contribution is 7.10. The van der Waals surface area contributed by atoms with Crippen LogP contribution in [0.2, 0.25) is 5.28 Å². The zero-order valence-electron chi connectivity index (χ0n) is 10.9. The average molecular weight is 302 g/mol. The minimum atomic E-state index is 0.283. The molecule has 0 atom stereocenters. The normalized spacial score (nSPS) is 10.7. The molecule has 0 aliphatic heterocycles. The van der Waals surface area contributed by atoms with Crippen molar-refractivity contribution >= 4 is 22.9 Å². The van der Waals surface area contributed by atoms with Gasteiger partial charge in [0, 0.05) is 23.6 Å². The highest BCUT2D eigenvalue weighted by Crippen LogP contribution is 2.23. The summed E-state index contributed by atoms with van der Waals surface area (Å²) in [5.41, 5.74) is 4.10. The summed E-state index contributed by atoms with van der Waals surface area (Å²) in [5.74, 6) is 0. The molecule has 100 valence electrons. The number of thiazole rings is 1. The second-order valence-electron chi connectivity index (χ2n) is 4.44. The lowest BCUT2D eigenvalue weighted by molar-refractivity contribution is 0.986. The van der Waals surface area contributed by atoms with Gasteiger partial charge in [0.05, 0.1) is 16.4 Å². The number of benzene rings is 1. The third-order valence-electron chi connectivity index (χ3n) is 2.99. The van der Waals surface area contributed by atoms with Crippen LogP contribution in [0.5, 0.6) is 0 Å². The Kier molecular flexibility index (Phi) is 3.76. The lowest BCUT2D eigenvalue weighted by atomic mass is 10.2. The van der Waals surface area contributed by atoms with Gasteiger partial charge >= 0.3 is 0 Å². The quantitative estimate of drug-likeness (QED) is 0.682. The summed E-state index contributed by atoms with van der Waals surface area (Å²) in [4.78, 5) is 12.9. The van der Waals surface area contributed by atoms with Crippen molar-refractivity contribution in [3.8, 4) is 11.3 Å². The second-order valence-corrected chi connectivity index (χ2v) is 5.72. The topological polar surface area (TPSA) is 38.7 Å². The van der Waals surface area contributed by atoms with E-state index in [9.17, 15) is 0 Å². The Bertz CT molecular complexity index is 725. The lowest BCUT2D eigenvalue weighted by Gasteiger charge is -2.02. The van der Waals surface area contributed by atoms with E-state index in [2.05, 4.69) is 32.5 Å². The van der Waals surface area contributed by atoms with E-state index in [-0.39, 0.29) is 5.28 Å². The Hall–Kier alpha value is -1.78. The third kappa shape index (κ3) is 2.86. The van der Waals surface area contributed by atoms with E-state index in [0.717, 1.165) is 27.5 Å². The van der Waals surface area contributed by atoms with Crippen molar-refractivity contribution in [1.29, 1.82) is 0 Å². The molecule has 2 aromatic heterocycles. The Morgan fingerprint density at radius 1 is 1.15 bits per heavy atom. The fraction of sp³-hybridized carbons (Fsp3) is 0.133. The van der Waals surface area contributed by atoms with Gasteiger partial charge in [-0.2, -0.15) is 0 Å². The van der Waals surface area contributed by atoms with Crippen LogP contribution in [0.1, 0.15) is 16.3 Å². The summed E-state index contributed by atoms with van der Waals surface area (Å²) in [5, 5.41) is 3.38. The summed E-state index contributed by atoms with van der Waals surface area (Å²) in [6.07, 6.45) is 2.43. The summed E-state index contributed by atoms with van der Waals surface area (Å²) in [6, 6.07) is 10.2. The standard InChI is InChI=1S/C15H12ClN3S/c1-10-8-17-15(16)19-12(10)7-14-18-13(9-20-14)11-5-3-2-4-6-11/h2-6,8-9H,7H2,1H3. The van der Waals surface area contributed by atoms with E-state index >= 15 is 0 Å². The van der Waals surface area contributed by atoms with E-state index in [1.165, 1.54) is 0 Å². The molecule has 0 radical (unpaired) electrons. The molecule has 0 N–H and O–H groups in total. The number of aromatic nitrogens is 3. The molecular weight excluding hydrogens is 290 g/mol. The molecule has 0 saturated heterocycles. The highest BCUT2D eigenvalue weighted by Gasteiger charge is 2.08. The van der Waals surface area contributed by atoms with Gasteiger partial charge in [-0.05, 0) is 24.1 Å². The molecule has 1 aromatic carbocycles. The fourth-order valence-electron chi connectivity index (χ4n) is 1.91. The molecule has 0 bridgehead atoms. The van der Waals surface area contributed by atoms with Gasteiger partial charge in [0.1, 0.15) is 0 Å². The van der Waals surface area contributed by atoms with Crippen molar-refractivity contribution in [3.05, 3.63) is 63.5 Å². The molecule has 20 heavy (non-hydrogen) atoms. The SMILES string of the molecule is Cc1cnc(Cl)nc1Cc1nc(-c2ccccc2)cs1. The van der Waals surface area contributed by atoms with Crippen LogP contribution in [0, 0.1) is 6.92 Å². The molecule has 3 rings (SSSR count). The largest absolute Gasteiger partial charge is 0.241 e. The van der Waals surface area contributed by atoms with E-state index in [0.29, 0.717) is 6.42 Å². The molecule has 3 aromatic rings. The first-order valence-electron chi connectivity index (χ1n) is 6.20. The summed E-state index contributed by atoms with van der Waals surface area (Å²) in [6.45, 7) is 1.98. The average Bonchev–Trinajstić information content (AvgIpc) is 2.92. The molecule has 0 aliphatic rings. The minimum absolute atomic E-state index is 0.283. The number of hydrogen-bond acceptors (Lipinski definition) is 4. The van der Waals surface area contributed by atoms with Crippen molar-refractivity contribution in [2.45, 2.75) is 13.3 Å². The molecular formula is C15H12ClN3S. The van der Waals surface area contributed by atoms with Crippen molar-refractivity contribution in [2.24, 2.45) is 0 Å². The van der Waals surface area contributed by atoms with E-state index in [1.807, 2.05) is 25.1 Å². The van der Waals surface area contributed by atoms with Crippen molar-refractivity contribution < 1.29 is 0 Å². The van der Waals surface area contributed by atoms with Crippen molar-refractivity contribution in [2.75, 3.05) is 0 Å². The number of nitrogens with zero attached hydrogens (tertiary/aromatic N) is 3. The van der Waals surface area contributed by atoms with Gasteiger partial charge < -0.3 is 0 Å². The van der Waals surface area contributed by atoms with Crippen LogP contribution in [0.3, 0.4) is 0 Å². The van der Waals surface area contributed by atoms with Gasteiger partial charge in [0.2, 0.25) is 5.28 Å². The van der Waals surface area contributed by atoms with Crippen LogP contribution in [0.4, 0.5) is 0 Å². The lowest BCUT2D eigenvalue weighted by Crippen LogP contribution is -1.97. The number of hydrogen-bond donors (Lipinski definition) is 0. The zero-order chi connectivity index (χ0) is 13.9. The third-order valence-corrected chi connectivity index (χ3v) is 4.02. The van der Waals surface area contributed by atoms with Gasteiger partial charge in [-0.1, -0.05) is 30.3 Å². The first-order chi connectivity index (χ1) is 9.72. The fourth-order valence-corrected chi connectivity index (χ4v) is 2.87. The monoisotopic (exact) mass is 301 g/mol. The summed E-state index contributed by atoms with van der Waals surface area (Å²) < 4.78 is 0. The second kappa shape index (κ2) is 5.69. The van der Waals surface area contributed by atoms with Crippen LogP contribution in [-0.2, 0) is 6.42 Å². The van der Waals surface area contributed by atoms with E-state index in [1.54, 1.807) is 17.5 Å². The van der Waals surface area contributed by atoms with Crippen LogP contribution in [0.15, 0.2) is 41.9 Å². The minimum Gasteiger partial charge on any atom is -0.241 e. The molecule has 0 aliphatic carbocycles. The maximum absolute atomic E-state index is 5.84. The van der Waals surface area contributed by atoms with Crippen LogP contribution in [0.25, 0.3) is 11.3 Å². The van der Waals surface area contributed by atoms with Crippen molar-refractivity contribution in [3.63, 3.8) is 0 Å². The Balaban J connectivity index is 1.86. The summed E-state index contributed by atoms with van der Waals surface area (Å²) >= 11 is 7.48. The predicted molar refractivity (Wildman–Crippen MR) is 82.1 cm³/mol. The maximum atomic E-state index is 5.84. The van der Waals surface area contributed by atoms with Gasteiger partial charge in [-0.15, -0.1) is 11.3 Å². The highest BCUT2D eigenvalue weighted by atomic mass is 35.5. The van der Waals surface area contributed by atoms with Gasteiger partial charge in [-0.3, -0.25) is 0 Å². The molecule has 3 nitrogen and oxygen atoms in total. The molecule has 0 unspecified atom stereocenters. The van der Waals surface area contributed by atoms with Crippen LogP contribution >= 0.6 is 22.9 Å². The predicted octanol–water partition coefficient (Wildman–Crippen LogP) is 4.15. The molecule has 0 amide bonds. The van der Waals surface area contributed by atoms with Crippen LogP contribution < -0.4 is 0 Å². The first kappa shape index (κ1) is 13.2. The van der Waals surface area contributed by atoms with E-state index in [4.69, 9.17) is 11.6 Å². The molecule has 0 spiro atoms. The number of rotatable bonds is 3. The van der Waals surface area contributed by atoms with Gasteiger partial charge in [0.15, 0.2) is 0 Å². The molecule has 0 saturated carbocycles. The van der Waals surface area contributed by atoms with Crippen LogP contribution in [-0.4, -0.2) is 15.0 Å². The Morgan fingerprint density at radius 2 is 1.95 bits per heavy atom. The van der Waals surface area contributed by atoms with E-state index < -0.39 is 0 Å². The molecule has 5 heteroatoms. The maximum Gasteiger partial charge on any atom is 0.222 e. The van der Waals surface area contributed by atoms with Crippen molar-refractivity contribution in [1.82, 2.24) is 15.0 Å². The number of halogens is 1. The Labute approximate surface area is 126 Å². The first-order valence-corrected chi connectivity index (χ1v) is 7.46. The smallest absolute Gasteiger partial charge is 0.222 e.